The Hall–Kier alpha value is -0.440. The molecule has 0 aromatic heterocycles. The summed E-state index contributed by atoms with van der Waals surface area (Å²) >= 11 is 3.31. The fourth-order valence-electron chi connectivity index (χ4n) is 0.671. The predicted octanol–water partition coefficient (Wildman–Crippen LogP) is 1.06. The van der Waals surface area contributed by atoms with Crippen molar-refractivity contribution in [2.24, 2.45) is 5.73 Å². The van der Waals surface area contributed by atoms with Crippen molar-refractivity contribution >= 4 is 15.9 Å². The molecule has 0 amide bonds. The molecule has 3 N–H and O–H groups in total. The van der Waals surface area contributed by atoms with Crippen molar-refractivity contribution in [1.29, 1.82) is 0 Å². The third-order valence-electron chi connectivity index (χ3n) is 1.31. The van der Waals surface area contributed by atoms with Crippen molar-refractivity contribution in [2.75, 3.05) is 6.54 Å². The molecule has 0 aliphatic carbocycles. The van der Waals surface area contributed by atoms with Crippen molar-refractivity contribution < 1.29 is 0 Å². The molecule has 0 atom stereocenters. The van der Waals surface area contributed by atoms with Gasteiger partial charge in [0.1, 0.15) is 0 Å². The van der Waals surface area contributed by atoms with E-state index in [0.29, 0.717) is 0 Å². The second-order valence-electron chi connectivity index (χ2n) is 2.07. The van der Waals surface area contributed by atoms with Crippen LogP contribution < -0.4 is 11.1 Å². The van der Waals surface area contributed by atoms with Gasteiger partial charge in [0.2, 0.25) is 0 Å². The molecule has 0 bridgehead atoms. The predicted molar refractivity (Wildman–Crippen MR) is 41.9 cm³/mol. The monoisotopic (exact) mass is 188 g/mol. The minimum atomic E-state index is 0.855. The second kappa shape index (κ2) is 2.43. The Morgan fingerprint density at radius 1 is 1.78 bits per heavy atom. The Morgan fingerprint density at radius 3 is 2.89 bits per heavy atom. The fourth-order valence-corrected chi connectivity index (χ4v) is 1.17. The number of nitrogens with one attached hydrogen (secondary N) is 1. The van der Waals surface area contributed by atoms with E-state index in [1.165, 1.54) is 5.57 Å². The van der Waals surface area contributed by atoms with Gasteiger partial charge < -0.3 is 11.1 Å². The molecule has 50 valence electrons. The molecular weight excluding hydrogens is 180 g/mol. The SMILES string of the molecule is CC1=C(N)C(Br)=CNC1. The molecule has 3 heteroatoms. The number of halogens is 1. The molecule has 1 aliphatic rings. The zero-order valence-corrected chi connectivity index (χ0v) is 6.83. The highest BCUT2D eigenvalue weighted by atomic mass is 79.9. The molecular formula is C6H9BrN2. The summed E-state index contributed by atoms with van der Waals surface area (Å²) in [4.78, 5) is 0. The highest BCUT2D eigenvalue weighted by molar-refractivity contribution is 9.12. The molecule has 0 saturated carbocycles. The molecule has 0 fully saturated rings. The maximum atomic E-state index is 5.65. The Kier molecular flexibility index (Phi) is 1.81. The lowest BCUT2D eigenvalue weighted by Crippen LogP contribution is -2.18. The van der Waals surface area contributed by atoms with Crippen LogP contribution in [0.1, 0.15) is 6.92 Å². The first-order valence-corrected chi connectivity index (χ1v) is 3.56. The van der Waals surface area contributed by atoms with Crippen molar-refractivity contribution in [3.05, 3.63) is 22.0 Å². The van der Waals surface area contributed by atoms with Crippen LogP contribution >= 0.6 is 15.9 Å². The highest BCUT2D eigenvalue weighted by Crippen LogP contribution is 2.17. The lowest BCUT2D eigenvalue weighted by atomic mass is 10.2. The van der Waals surface area contributed by atoms with Gasteiger partial charge in [-0.05, 0) is 28.4 Å². The molecule has 0 unspecified atom stereocenters. The van der Waals surface area contributed by atoms with E-state index in [9.17, 15) is 0 Å². The standard InChI is InChI=1S/C6H9BrN2/c1-4-2-9-3-5(7)6(4)8/h3,9H,2,8H2,1H3. The molecule has 0 aromatic carbocycles. The average molecular weight is 189 g/mol. The van der Waals surface area contributed by atoms with E-state index in [4.69, 9.17) is 5.73 Å². The van der Waals surface area contributed by atoms with Crippen LogP contribution in [0.2, 0.25) is 0 Å². The molecule has 0 spiro atoms. The summed E-state index contributed by atoms with van der Waals surface area (Å²) in [5, 5.41) is 3.07. The molecule has 0 saturated heterocycles. The van der Waals surface area contributed by atoms with Gasteiger partial charge in [-0.1, -0.05) is 0 Å². The number of hydrogen-bond donors (Lipinski definition) is 2. The summed E-state index contributed by atoms with van der Waals surface area (Å²) in [6.07, 6.45) is 1.86. The van der Waals surface area contributed by atoms with Gasteiger partial charge in [0.15, 0.2) is 0 Å². The summed E-state index contributed by atoms with van der Waals surface area (Å²) < 4.78 is 0.950. The zero-order chi connectivity index (χ0) is 6.85. The van der Waals surface area contributed by atoms with Crippen LogP contribution in [-0.2, 0) is 0 Å². The van der Waals surface area contributed by atoms with Crippen molar-refractivity contribution in [2.45, 2.75) is 6.92 Å². The smallest absolute Gasteiger partial charge is 0.0561 e. The lowest BCUT2D eigenvalue weighted by Gasteiger charge is -2.12. The highest BCUT2D eigenvalue weighted by Gasteiger charge is 2.04. The minimum absolute atomic E-state index is 0.855. The molecule has 9 heavy (non-hydrogen) atoms. The van der Waals surface area contributed by atoms with Gasteiger partial charge in [-0.15, -0.1) is 0 Å². The van der Waals surface area contributed by atoms with E-state index in [2.05, 4.69) is 21.2 Å². The van der Waals surface area contributed by atoms with Crippen LogP contribution in [0.3, 0.4) is 0 Å². The summed E-state index contributed by atoms with van der Waals surface area (Å²) in [7, 11) is 0. The van der Waals surface area contributed by atoms with Crippen molar-refractivity contribution in [3.8, 4) is 0 Å². The van der Waals surface area contributed by atoms with Gasteiger partial charge in [-0.25, -0.2) is 0 Å². The van der Waals surface area contributed by atoms with Crippen LogP contribution in [-0.4, -0.2) is 6.54 Å². The van der Waals surface area contributed by atoms with E-state index in [0.717, 1.165) is 16.7 Å². The van der Waals surface area contributed by atoms with Crippen LogP contribution in [0.4, 0.5) is 0 Å². The van der Waals surface area contributed by atoms with Gasteiger partial charge in [0.25, 0.3) is 0 Å². The van der Waals surface area contributed by atoms with Crippen LogP contribution in [0.15, 0.2) is 22.0 Å². The molecule has 0 radical (unpaired) electrons. The number of allylic oxidation sites excluding steroid dienone is 1. The Bertz CT molecular complexity index is 181. The maximum Gasteiger partial charge on any atom is 0.0561 e. The van der Waals surface area contributed by atoms with Crippen molar-refractivity contribution in [1.82, 2.24) is 5.32 Å². The van der Waals surface area contributed by atoms with E-state index in [1.807, 2.05) is 13.1 Å². The number of rotatable bonds is 0. The van der Waals surface area contributed by atoms with E-state index < -0.39 is 0 Å². The van der Waals surface area contributed by atoms with Crippen molar-refractivity contribution in [3.63, 3.8) is 0 Å². The van der Waals surface area contributed by atoms with Gasteiger partial charge in [0.05, 0.1) is 4.48 Å². The first-order chi connectivity index (χ1) is 4.22. The van der Waals surface area contributed by atoms with Crippen LogP contribution in [0.25, 0.3) is 0 Å². The van der Waals surface area contributed by atoms with Crippen LogP contribution in [0, 0.1) is 0 Å². The third kappa shape index (κ3) is 1.27. The molecule has 0 aromatic rings. The van der Waals surface area contributed by atoms with Gasteiger partial charge in [0, 0.05) is 18.4 Å². The van der Waals surface area contributed by atoms with Gasteiger partial charge in [-0.2, -0.15) is 0 Å². The molecule has 1 heterocycles. The number of dihydropyridines is 1. The largest absolute Gasteiger partial charge is 0.398 e. The molecule has 2 nitrogen and oxygen atoms in total. The number of nitrogens with two attached hydrogens (primary N) is 1. The second-order valence-corrected chi connectivity index (χ2v) is 2.92. The topological polar surface area (TPSA) is 38.0 Å². The maximum absolute atomic E-state index is 5.65. The summed E-state index contributed by atoms with van der Waals surface area (Å²) in [5.74, 6) is 0. The molecule has 1 rings (SSSR count). The summed E-state index contributed by atoms with van der Waals surface area (Å²) in [6, 6.07) is 0. The third-order valence-corrected chi connectivity index (χ3v) is 1.97. The molecule has 1 aliphatic heterocycles. The van der Waals surface area contributed by atoms with Gasteiger partial charge >= 0.3 is 0 Å². The quantitative estimate of drug-likeness (QED) is 0.597. The summed E-state index contributed by atoms with van der Waals surface area (Å²) in [5.41, 5.74) is 7.69. The number of hydrogen-bond acceptors (Lipinski definition) is 2. The normalized spacial score (nSPS) is 19.1. The fraction of sp³-hybridized carbons (Fsp3) is 0.333. The van der Waals surface area contributed by atoms with Gasteiger partial charge in [-0.3, -0.25) is 0 Å². The Balaban J connectivity index is 2.88. The lowest BCUT2D eigenvalue weighted by molar-refractivity contribution is 0.895. The van der Waals surface area contributed by atoms with E-state index in [-0.39, 0.29) is 0 Å². The summed E-state index contributed by atoms with van der Waals surface area (Å²) in [6.45, 7) is 2.87. The minimum Gasteiger partial charge on any atom is -0.398 e. The first-order valence-electron chi connectivity index (χ1n) is 2.76. The van der Waals surface area contributed by atoms with E-state index in [1.54, 1.807) is 0 Å². The first kappa shape index (κ1) is 6.68. The average Bonchev–Trinajstić information content (AvgIpc) is 1.83. The van der Waals surface area contributed by atoms with Crippen LogP contribution in [0.5, 0.6) is 0 Å². The Morgan fingerprint density at radius 2 is 2.44 bits per heavy atom. The Labute approximate surface area is 62.9 Å². The zero-order valence-electron chi connectivity index (χ0n) is 5.24. The van der Waals surface area contributed by atoms with E-state index >= 15 is 0 Å².